The minimum absolute atomic E-state index is 0.0344. The number of thioether (sulfide) groups is 1. The largest absolute Gasteiger partial charge is 0.497 e. The predicted molar refractivity (Wildman–Crippen MR) is 159 cm³/mol. The van der Waals surface area contributed by atoms with E-state index < -0.39 is 17.2 Å². The van der Waals surface area contributed by atoms with Crippen LogP contribution in [0.3, 0.4) is 0 Å². The summed E-state index contributed by atoms with van der Waals surface area (Å²) in [5.74, 6) is -0.577. The quantitative estimate of drug-likeness (QED) is 0.202. The molecule has 0 spiro atoms. The average molecular weight is 594 g/mol. The van der Waals surface area contributed by atoms with E-state index in [4.69, 9.17) is 28.6 Å². The van der Waals surface area contributed by atoms with Crippen LogP contribution in [0.2, 0.25) is 5.02 Å². The lowest BCUT2D eigenvalue weighted by atomic mass is 9.99. The Balaban J connectivity index is 1.50. The van der Waals surface area contributed by atoms with E-state index in [1.54, 1.807) is 54.6 Å². The van der Waals surface area contributed by atoms with E-state index in [0.717, 1.165) is 10.1 Å². The Hall–Kier alpha value is -3.91. The van der Waals surface area contributed by atoms with E-state index in [-0.39, 0.29) is 48.5 Å². The number of nitriles is 1. The molecule has 0 bridgehead atoms. The summed E-state index contributed by atoms with van der Waals surface area (Å²) in [5.41, 5.74) is 0.624. The van der Waals surface area contributed by atoms with Crippen LogP contribution in [0.1, 0.15) is 45.5 Å². The Morgan fingerprint density at radius 3 is 2.48 bits per heavy atom. The van der Waals surface area contributed by atoms with Gasteiger partial charge in [-0.25, -0.2) is 0 Å². The number of ketones is 1. The molecule has 2 heterocycles. The molecule has 11 heteroatoms. The third kappa shape index (κ3) is 6.12. The molecular weight excluding hydrogens is 570 g/mol. The molecule has 0 unspecified atom stereocenters. The summed E-state index contributed by atoms with van der Waals surface area (Å²) < 4.78 is 6.55. The van der Waals surface area contributed by atoms with Crippen molar-refractivity contribution in [2.24, 2.45) is 0 Å². The van der Waals surface area contributed by atoms with E-state index >= 15 is 0 Å². The van der Waals surface area contributed by atoms with E-state index in [9.17, 15) is 24.8 Å². The van der Waals surface area contributed by atoms with Crippen molar-refractivity contribution in [1.29, 1.82) is 5.26 Å². The molecule has 1 amide bonds. The zero-order chi connectivity index (χ0) is 29.0. The normalized spacial score (nSPS) is 14.1. The average Bonchev–Trinajstić information content (AvgIpc) is 3.20. The minimum Gasteiger partial charge on any atom is -0.497 e. The van der Waals surface area contributed by atoms with Crippen molar-refractivity contribution in [3.8, 4) is 17.7 Å². The van der Waals surface area contributed by atoms with Gasteiger partial charge in [-0.3, -0.25) is 23.9 Å². The van der Waals surface area contributed by atoms with Gasteiger partial charge >= 0.3 is 0 Å². The Labute approximate surface area is 245 Å². The van der Waals surface area contributed by atoms with Crippen LogP contribution >= 0.6 is 35.6 Å². The molecule has 1 aliphatic rings. The Morgan fingerprint density at radius 2 is 1.85 bits per heavy atom. The second-order valence-electron chi connectivity index (χ2n) is 8.96. The predicted octanol–water partition coefficient (Wildman–Crippen LogP) is 5.31. The third-order valence-corrected chi connectivity index (χ3v) is 8.04. The molecular formula is C29H24ClN3O5S2. The highest BCUT2D eigenvalue weighted by atomic mass is 35.5. The van der Waals surface area contributed by atoms with Gasteiger partial charge in [-0.05, 0) is 60.4 Å². The lowest BCUT2D eigenvalue weighted by Crippen LogP contribution is -2.30. The van der Waals surface area contributed by atoms with Crippen molar-refractivity contribution in [1.82, 2.24) is 9.47 Å². The number of benzene rings is 2. The number of ether oxygens (including phenoxy) is 1. The molecule has 0 aliphatic carbocycles. The van der Waals surface area contributed by atoms with Crippen LogP contribution in [0, 0.1) is 18.3 Å². The van der Waals surface area contributed by atoms with Crippen LogP contribution in [0.4, 0.5) is 0 Å². The first-order chi connectivity index (χ1) is 19.1. The number of hydrogen-bond donors (Lipinski definition) is 1. The van der Waals surface area contributed by atoms with Gasteiger partial charge in [0.05, 0.1) is 24.1 Å². The van der Waals surface area contributed by atoms with Gasteiger partial charge in [-0.1, -0.05) is 59.8 Å². The molecule has 1 aliphatic heterocycles. The highest BCUT2D eigenvalue weighted by molar-refractivity contribution is 8.26. The van der Waals surface area contributed by atoms with Crippen molar-refractivity contribution in [2.45, 2.75) is 26.3 Å². The fourth-order valence-electron chi connectivity index (χ4n) is 4.27. The number of carbonyl (C=O) groups is 2. The monoisotopic (exact) mass is 593 g/mol. The number of nitrogens with zero attached hydrogens (tertiary/aromatic N) is 3. The van der Waals surface area contributed by atoms with Crippen LogP contribution in [0.5, 0.6) is 11.6 Å². The SMILES string of the molecule is COc1ccc(Cn2c(O)c(C(=O)CCCN3C(=O)/C(=C/c4ccc(Cl)cc4)SC3=S)c(C)c(C#N)c2=O)cc1. The fraction of sp³-hybridized carbons (Fsp3) is 0.207. The summed E-state index contributed by atoms with van der Waals surface area (Å²) in [6, 6.07) is 15.8. The summed E-state index contributed by atoms with van der Waals surface area (Å²) in [7, 11) is 1.53. The van der Waals surface area contributed by atoms with Crippen molar-refractivity contribution in [2.75, 3.05) is 13.7 Å². The Bertz CT molecular complexity index is 1620. The smallest absolute Gasteiger partial charge is 0.271 e. The highest BCUT2D eigenvalue weighted by Gasteiger charge is 2.32. The van der Waals surface area contributed by atoms with Crippen LogP contribution in [0.25, 0.3) is 6.08 Å². The lowest BCUT2D eigenvalue weighted by Gasteiger charge is -2.17. The first-order valence-corrected chi connectivity index (χ1v) is 13.8. The second kappa shape index (κ2) is 12.5. The topological polar surface area (TPSA) is 113 Å². The third-order valence-electron chi connectivity index (χ3n) is 6.41. The standard InChI is InChI=1S/C29H24ClN3O5S2/c1-17-22(15-31)26(35)33(16-19-7-11-21(38-2)12-8-19)28(37)25(17)23(34)4-3-13-32-27(36)24(40-29(32)39)14-18-5-9-20(30)10-6-18/h5-12,14,37H,3-4,13,16H2,1-2H3/b24-14-. The lowest BCUT2D eigenvalue weighted by molar-refractivity contribution is -0.122. The van der Waals surface area contributed by atoms with E-state index in [1.807, 2.05) is 6.07 Å². The van der Waals surface area contributed by atoms with Gasteiger partial charge in [0.1, 0.15) is 21.7 Å². The number of halogens is 1. The number of carbonyl (C=O) groups excluding carboxylic acids is 2. The number of methoxy groups -OCH3 is 1. The second-order valence-corrected chi connectivity index (χ2v) is 11.1. The molecule has 1 N–H and O–H groups in total. The van der Waals surface area contributed by atoms with E-state index in [0.29, 0.717) is 25.6 Å². The fourth-order valence-corrected chi connectivity index (χ4v) is 5.71. The number of amides is 1. The molecule has 1 saturated heterocycles. The molecule has 0 radical (unpaired) electrons. The van der Waals surface area contributed by atoms with Gasteiger partial charge in [-0.2, -0.15) is 5.26 Å². The number of rotatable bonds is 9. The summed E-state index contributed by atoms with van der Waals surface area (Å²) in [5, 5.41) is 21.2. The molecule has 2 aromatic carbocycles. The molecule has 1 aromatic heterocycles. The number of Topliss-reactive ketones (excluding diaryl/α,β-unsaturated/α-hetero) is 1. The van der Waals surface area contributed by atoms with Crippen molar-refractivity contribution in [3.63, 3.8) is 0 Å². The van der Waals surface area contributed by atoms with Crippen molar-refractivity contribution >= 4 is 57.7 Å². The van der Waals surface area contributed by atoms with E-state index in [2.05, 4.69) is 0 Å². The molecule has 8 nitrogen and oxygen atoms in total. The number of thiocarbonyl (C=S) groups is 1. The summed E-state index contributed by atoms with van der Waals surface area (Å²) in [6.07, 6.45) is 1.96. The van der Waals surface area contributed by atoms with Gasteiger partial charge in [0.25, 0.3) is 11.5 Å². The van der Waals surface area contributed by atoms with E-state index in [1.165, 1.54) is 30.7 Å². The van der Waals surface area contributed by atoms with Gasteiger partial charge in [-0.15, -0.1) is 0 Å². The Morgan fingerprint density at radius 1 is 1.18 bits per heavy atom. The van der Waals surface area contributed by atoms with Gasteiger partial charge in [0.15, 0.2) is 5.78 Å². The maximum Gasteiger partial charge on any atom is 0.271 e. The molecule has 0 saturated carbocycles. The maximum absolute atomic E-state index is 13.3. The number of hydrogen-bond acceptors (Lipinski definition) is 8. The molecule has 3 aromatic rings. The maximum atomic E-state index is 13.3. The highest BCUT2D eigenvalue weighted by Crippen LogP contribution is 2.33. The van der Waals surface area contributed by atoms with Crippen molar-refractivity contribution < 1.29 is 19.4 Å². The van der Waals surface area contributed by atoms with Crippen LogP contribution in [-0.4, -0.2) is 44.2 Å². The molecule has 204 valence electrons. The van der Waals surface area contributed by atoms with Gasteiger partial charge in [0, 0.05) is 18.0 Å². The van der Waals surface area contributed by atoms with Crippen molar-refractivity contribution in [3.05, 3.63) is 96.6 Å². The first-order valence-electron chi connectivity index (χ1n) is 12.2. The summed E-state index contributed by atoms with van der Waals surface area (Å²) in [6.45, 7) is 1.62. The summed E-state index contributed by atoms with van der Waals surface area (Å²) >= 11 is 12.5. The van der Waals surface area contributed by atoms with Gasteiger partial charge < -0.3 is 9.84 Å². The molecule has 0 atom stereocenters. The molecule has 1 fully saturated rings. The van der Waals surface area contributed by atoms with Crippen LogP contribution < -0.4 is 10.3 Å². The zero-order valence-corrected chi connectivity index (χ0v) is 24.0. The number of aromatic nitrogens is 1. The number of pyridine rings is 1. The minimum atomic E-state index is -0.685. The zero-order valence-electron chi connectivity index (χ0n) is 21.6. The number of aromatic hydroxyl groups is 1. The van der Waals surface area contributed by atoms with Gasteiger partial charge in [0.2, 0.25) is 5.88 Å². The molecule has 4 rings (SSSR count). The Kier molecular flexibility index (Phi) is 9.10. The molecule has 40 heavy (non-hydrogen) atoms. The van der Waals surface area contributed by atoms with Crippen LogP contribution in [0.15, 0.2) is 58.2 Å². The first kappa shape index (κ1) is 29.1. The summed E-state index contributed by atoms with van der Waals surface area (Å²) in [4.78, 5) is 41.1. The van der Waals surface area contributed by atoms with Crippen LogP contribution in [-0.2, 0) is 11.3 Å².